The number of nitrogens with two attached hydrogens (primary N) is 1. The van der Waals surface area contributed by atoms with Crippen LogP contribution >= 0.6 is 27.3 Å². The second-order valence-electron chi connectivity index (χ2n) is 3.92. The molecule has 1 heterocycles. The van der Waals surface area contributed by atoms with Gasteiger partial charge in [-0.3, -0.25) is 4.90 Å². The van der Waals surface area contributed by atoms with E-state index in [0.717, 1.165) is 16.9 Å². The van der Waals surface area contributed by atoms with Gasteiger partial charge in [-0.15, -0.1) is 11.3 Å². The SMILES string of the molecule is COCCN(C)C(c1ccc(Br)s1)C(C)N. The zero-order valence-electron chi connectivity index (χ0n) is 9.94. The average Bonchev–Trinajstić information content (AvgIpc) is 2.61. The number of ether oxygens (including phenoxy) is 1. The average molecular weight is 307 g/mol. The van der Waals surface area contributed by atoms with E-state index in [-0.39, 0.29) is 12.1 Å². The summed E-state index contributed by atoms with van der Waals surface area (Å²) in [4.78, 5) is 3.53. The number of methoxy groups -OCH3 is 1. The highest BCUT2D eigenvalue weighted by atomic mass is 79.9. The Kier molecular flexibility index (Phi) is 5.92. The Morgan fingerprint density at radius 3 is 2.69 bits per heavy atom. The maximum absolute atomic E-state index is 6.06. The lowest BCUT2D eigenvalue weighted by Crippen LogP contribution is -2.38. The van der Waals surface area contributed by atoms with E-state index in [2.05, 4.69) is 40.0 Å². The summed E-state index contributed by atoms with van der Waals surface area (Å²) in [5.41, 5.74) is 6.06. The highest BCUT2D eigenvalue weighted by Gasteiger charge is 2.22. The van der Waals surface area contributed by atoms with Gasteiger partial charge in [0.15, 0.2) is 0 Å². The molecule has 0 radical (unpaired) electrons. The lowest BCUT2D eigenvalue weighted by atomic mass is 10.1. The summed E-state index contributed by atoms with van der Waals surface area (Å²) in [5.74, 6) is 0. The van der Waals surface area contributed by atoms with Crippen LogP contribution in [0.2, 0.25) is 0 Å². The van der Waals surface area contributed by atoms with Crippen LogP contribution in [0, 0.1) is 0 Å². The first-order chi connectivity index (χ1) is 7.56. The number of halogens is 1. The van der Waals surface area contributed by atoms with Crippen molar-refractivity contribution in [2.75, 3.05) is 27.3 Å². The monoisotopic (exact) mass is 306 g/mol. The molecule has 0 fully saturated rings. The van der Waals surface area contributed by atoms with Crippen LogP contribution in [0.25, 0.3) is 0 Å². The summed E-state index contributed by atoms with van der Waals surface area (Å²) < 4.78 is 6.24. The van der Waals surface area contributed by atoms with Crippen LogP contribution in [0.15, 0.2) is 15.9 Å². The number of nitrogens with zero attached hydrogens (tertiary/aromatic N) is 1. The third-order valence-electron chi connectivity index (χ3n) is 2.51. The molecule has 1 aromatic heterocycles. The molecule has 0 spiro atoms. The van der Waals surface area contributed by atoms with Crippen molar-refractivity contribution >= 4 is 27.3 Å². The smallest absolute Gasteiger partial charge is 0.0702 e. The highest BCUT2D eigenvalue weighted by molar-refractivity contribution is 9.11. The first kappa shape index (κ1) is 14.1. The molecule has 0 aliphatic carbocycles. The Labute approximate surface area is 110 Å². The van der Waals surface area contributed by atoms with Crippen molar-refractivity contribution in [3.8, 4) is 0 Å². The van der Waals surface area contributed by atoms with Crippen LogP contribution in [0.3, 0.4) is 0 Å². The molecule has 0 aliphatic rings. The van der Waals surface area contributed by atoms with Crippen molar-refractivity contribution in [3.63, 3.8) is 0 Å². The minimum absolute atomic E-state index is 0.104. The molecular formula is C11H19BrN2OS. The van der Waals surface area contributed by atoms with E-state index in [1.165, 1.54) is 4.88 Å². The molecule has 1 aromatic rings. The molecule has 0 aromatic carbocycles. The summed E-state index contributed by atoms with van der Waals surface area (Å²) in [6.45, 7) is 3.66. The van der Waals surface area contributed by atoms with Gasteiger partial charge in [-0.2, -0.15) is 0 Å². The summed E-state index contributed by atoms with van der Waals surface area (Å²) in [6, 6.07) is 4.56. The van der Waals surface area contributed by atoms with Crippen molar-refractivity contribution in [2.45, 2.75) is 19.0 Å². The van der Waals surface area contributed by atoms with Gasteiger partial charge in [0.05, 0.1) is 16.4 Å². The maximum Gasteiger partial charge on any atom is 0.0702 e. The molecule has 2 atom stereocenters. The number of thiophene rings is 1. The lowest BCUT2D eigenvalue weighted by molar-refractivity contribution is 0.132. The van der Waals surface area contributed by atoms with Crippen LogP contribution in [-0.2, 0) is 4.74 Å². The van der Waals surface area contributed by atoms with E-state index in [1.54, 1.807) is 18.4 Å². The van der Waals surface area contributed by atoms with Crippen molar-refractivity contribution < 1.29 is 4.74 Å². The van der Waals surface area contributed by atoms with Gasteiger partial charge in [-0.1, -0.05) is 0 Å². The van der Waals surface area contributed by atoms with Crippen LogP contribution < -0.4 is 5.73 Å². The molecule has 3 nitrogen and oxygen atoms in total. The summed E-state index contributed by atoms with van der Waals surface area (Å²) in [7, 11) is 3.80. The molecule has 0 amide bonds. The Balaban J connectivity index is 2.74. The Morgan fingerprint density at radius 1 is 1.56 bits per heavy atom. The number of likely N-dealkylation sites (N-methyl/N-ethyl adjacent to an activating group) is 1. The third-order valence-corrected chi connectivity index (χ3v) is 4.20. The van der Waals surface area contributed by atoms with E-state index >= 15 is 0 Å². The fraction of sp³-hybridized carbons (Fsp3) is 0.636. The molecule has 2 N–H and O–H groups in total. The molecular weight excluding hydrogens is 288 g/mol. The number of hydrogen-bond donors (Lipinski definition) is 1. The van der Waals surface area contributed by atoms with Gasteiger partial charge in [0.2, 0.25) is 0 Å². The fourth-order valence-electron chi connectivity index (χ4n) is 1.74. The maximum atomic E-state index is 6.06. The minimum atomic E-state index is 0.104. The van der Waals surface area contributed by atoms with Crippen LogP contribution in [-0.4, -0.2) is 38.3 Å². The zero-order chi connectivity index (χ0) is 12.1. The molecule has 5 heteroatoms. The van der Waals surface area contributed by atoms with Crippen molar-refractivity contribution in [3.05, 3.63) is 20.8 Å². The van der Waals surface area contributed by atoms with Crippen molar-refractivity contribution in [1.82, 2.24) is 4.90 Å². The van der Waals surface area contributed by atoms with E-state index in [1.807, 2.05) is 6.92 Å². The lowest BCUT2D eigenvalue weighted by Gasteiger charge is -2.30. The van der Waals surface area contributed by atoms with Gasteiger partial charge in [0, 0.05) is 24.6 Å². The molecule has 92 valence electrons. The van der Waals surface area contributed by atoms with Gasteiger partial charge in [0.1, 0.15) is 0 Å². The molecule has 16 heavy (non-hydrogen) atoms. The summed E-state index contributed by atoms with van der Waals surface area (Å²) in [6.07, 6.45) is 0. The van der Waals surface area contributed by atoms with Crippen LogP contribution in [0.4, 0.5) is 0 Å². The first-order valence-corrected chi connectivity index (χ1v) is 6.87. The highest BCUT2D eigenvalue weighted by Crippen LogP contribution is 2.31. The molecule has 2 unspecified atom stereocenters. The number of rotatable bonds is 6. The summed E-state index contributed by atoms with van der Waals surface area (Å²) >= 11 is 5.23. The molecule has 0 saturated heterocycles. The fourth-order valence-corrected chi connectivity index (χ4v) is 3.44. The largest absolute Gasteiger partial charge is 0.383 e. The Morgan fingerprint density at radius 2 is 2.25 bits per heavy atom. The van der Waals surface area contributed by atoms with Crippen molar-refractivity contribution in [1.29, 1.82) is 0 Å². The minimum Gasteiger partial charge on any atom is -0.383 e. The molecule has 1 rings (SSSR count). The normalized spacial score (nSPS) is 15.4. The Bertz CT molecular complexity index is 317. The van der Waals surface area contributed by atoms with E-state index in [9.17, 15) is 0 Å². The van der Waals surface area contributed by atoms with E-state index in [0.29, 0.717) is 0 Å². The second-order valence-corrected chi connectivity index (χ2v) is 6.41. The second kappa shape index (κ2) is 6.71. The standard InChI is InChI=1S/C11H19BrN2OS/c1-8(13)11(14(2)6-7-15-3)9-4-5-10(12)16-9/h4-5,8,11H,6-7,13H2,1-3H3. The van der Waals surface area contributed by atoms with Gasteiger partial charge in [0.25, 0.3) is 0 Å². The molecule has 0 aliphatic heterocycles. The predicted octanol–water partition coefficient (Wildman–Crippen LogP) is 2.48. The topological polar surface area (TPSA) is 38.5 Å². The zero-order valence-corrected chi connectivity index (χ0v) is 12.3. The van der Waals surface area contributed by atoms with Crippen molar-refractivity contribution in [2.24, 2.45) is 5.73 Å². The molecule has 0 saturated carbocycles. The molecule has 0 bridgehead atoms. The van der Waals surface area contributed by atoms with Gasteiger partial charge in [-0.05, 0) is 42.0 Å². The van der Waals surface area contributed by atoms with E-state index < -0.39 is 0 Å². The van der Waals surface area contributed by atoms with E-state index in [4.69, 9.17) is 10.5 Å². The number of hydrogen-bond acceptors (Lipinski definition) is 4. The Hall–Kier alpha value is 0.0600. The van der Waals surface area contributed by atoms with Crippen LogP contribution in [0.5, 0.6) is 0 Å². The summed E-state index contributed by atoms with van der Waals surface area (Å²) in [5, 5.41) is 0. The van der Waals surface area contributed by atoms with Gasteiger partial charge >= 0.3 is 0 Å². The van der Waals surface area contributed by atoms with Crippen LogP contribution in [0.1, 0.15) is 17.8 Å². The predicted molar refractivity (Wildman–Crippen MR) is 72.9 cm³/mol. The van der Waals surface area contributed by atoms with Gasteiger partial charge in [-0.25, -0.2) is 0 Å². The third kappa shape index (κ3) is 3.82. The quantitative estimate of drug-likeness (QED) is 0.877. The van der Waals surface area contributed by atoms with Gasteiger partial charge < -0.3 is 10.5 Å². The first-order valence-electron chi connectivity index (χ1n) is 5.26.